The maximum atomic E-state index is 13.0. The van der Waals surface area contributed by atoms with Gasteiger partial charge in [0.15, 0.2) is 9.84 Å². The Labute approximate surface area is 174 Å². The van der Waals surface area contributed by atoms with Gasteiger partial charge in [-0.05, 0) is 72.0 Å². The monoisotopic (exact) mass is 524 g/mol. The van der Waals surface area contributed by atoms with Gasteiger partial charge in [-0.25, -0.2) is 8.42 Å². The summed E-state index contributed by atoms with van der Waals surface area (Å²) in [5.41, 5.74) is -3.36. The molecular formula is C18H16F3IN2O3S. The number of hydrogen-bond acceptors (Lipinski definition) is 5. The molecule has 0 aromatic heterocycles. The van der Waals surface area contributed by atoms with Gasteiger partial charge < -0.3 is 10.4 Å². The minimum absolute atomic E-state index is 0.0123. The van der Waals surface area contributed by atoms with Gasteiger partial charge in [-0.15, -0.1) is 0 Å². The van der Waals surface area contributed by atoms with Crippen LogP contribution in [0.3, 0.4) is 0 Å². The molecular weight excluding hydrogens is 508 g/mol. The third kappa shape index (κ3) is 5.83. The highest BCUT2D eigenvalue weighted by molar-refractivity contribution is 14.1. The first kappa shape index (κ1) is 22.4. The summed E-state index contributed by atoms with van der Waals surface area (Å²) in [6, 6.07) is 10.6. The highest BCUT2D eigenvalue weighted by Gasteiger charge is 2.34. The van der Waals surface area contributed by atoms with Crippen LogP contribution in [-0.4, -0.2) is 31.4 Å². The first-order valence-corrected chi connectivity index (χ1v) is 10.6. The maximum Gasteiger partial charge on any atom is 0.417 e. The van der Waals surface area contributed by atoms with Crippen LogP contribution in [-0.2, 0) is 16.0 Å². The number of halogens is 4. The lowest BCUT2D eigenvalue weighted by molar-refractivity contribution is -0.137. The lowest BCUT2D eigenvalue weighted by atomic mass is 10.1. The van der Waals surface area contributed by atoms with E-state index in [1.54, 1.807) is 12.1 Å². The number of benzene rings is 2. The number of anilines is 1. The van der Waals surface area contributed by atoms with Gasteiger partial charge in [-0.1, -0.05) is 0 Å². The maximum absolute atomic E-state index is 13.0. The Kier molecular flexibility index (Phi) is 6.62. The molecule has 0 bridgehead atoms. The normalized spacial score (nSPS) is 14.2. The Morgan fingerprint density at radius 3 is 2.32 bits per heavy atom. The molecule has 0 radical (unpaired) electrons. The molecule has 0 amide bonds. The van der Waals surface area contributed by atoms with E-state index in [9.17, 15) is 26.7 Å². The highest BCUT2D eigenvalue weighted by Crippen LogP contribution is 2.33. The van der Waals surface area contributed by atoms with Crippen molar-refractivity contribution in [3.05, 3.63) is 57.2 Å². The average molecular weight is 524 g/mol. The number of rotatable bonds is 6. The molecule has 0 unspecified atom stereocenters. The van der Waals surface area contributed by atoms with Gasteiger partial charge in [0, 0.05) is 15.8 Å². The van der Waals surface area contributed by atoms with Crippen LogP contribution in [0.25, 0.3) is 0 Å². The number of nitrogens with zero attached hydrogens (tertiary/aromatic N) is 1. The number of nitriles is 1. The van der Waals surface area contributed by atoms with Crippen molar-refractivity contribution in [1.29, 1.82) is 5.26 Å². The Bertz CT molecular complexity index is 998. The predicted octanol–water partition coefficient (Wildman–Crippen LogP) is 3.82. The molecule has 0 fully saturated rings. The largest absolute Gasteiger partial charge is 0.417 e. The minimum Gasteiger partial charge on any atom is -0.387 e. The zero-order valence-electron chi connectivity index (χ0n) is 14.6. The van der Waals surface area contributed by atoms with Crippen LogP contribution in [0.5, 0.6) is 0 Å². The summed E-state index contributed by atoms with van der Waals surface area (Å²) in [5, 5.41) is 21.9. The summed E-state index contributed by atoms with van der Waals surface area (Å²) in [6.45, 7) is 0.971. The van der Waals surface area contributed by atoms with Crippen LogP contribution in [0.15, 0.2) is 47.4 Å². The number of alkyl halides is 3. The second-order valence-electron chi connectivity index (χ2n) is 6.43. The fraction of sp³-hybridized carbons (Fsp3) is 0.278. The molecule has 0 heterocycles. The van der Waals surface area contributed by atoms with Crippen molar-refractivity contribution < 1.29 is 26.7 Å². The highest BCUT2D eigenvalue weighted by atomic mass is 127. The minimum atomic E-state index is -4.71. The number of nitrogens with one attached hydrogen (secondary N) is 1. The quantitative estimate of drug-likeness (QED) is 0.562. The van der Waals surface area contributed by atoms with Crippen LogP contribution in [0.4, 0.5) is 18.9 Å². The Hall–Kier alpha value is -1.84. The molecule has 0 saturated heterocycles. The summed E-state index contributed by atoms with van der Waals surface area (Å²) < 4.78 is 64.8. The molecule has 0 aliphatic rings. The lowest BCUT2D eigenvalue weighted by Crippen LogP contribution is -2.40. The molecule has 0 aliphatic carbocycles. The van der Waals surface area contributed by atoms with Gasteiger partial charge in [-0.2, -0.15) is 18.4 Å². The van der Waals surface area contributed by atoms with E-state index in [-0.39, 0.29) is 17.1 Å². The fourth-order valence-corrected chi connectivity index (χ4v) is 4.46. The van der Waals surface area contributed by atoms with Crippen molar-refractivity contribution >= 4 is 38.1 Å². The van der Waals surface area contributed by atoms with E-state index >= 15 is 0 Å². The van der Waals surface area contributed by atoms with Gasteiger partial charge in [-0.3, -0.25) is 0 Å². The van der Waals surface area contributed by atoms with E-state index in [1.165, 1.54) is 31.2 Å². The van der Waals surface area contributed by atoms with Crippen LogP contribution in [0, 0.1) is 14.9 Å². The summed E-state index contributed by atoms with van der Waals surface area (Å²) in [5.74, 6) is -0.615. The van der Waals surface area contributed by atoms with Crippen LogP contribution < -0.4 is 5.32 Å². The van der Waals surface area contributed by atoms with Gasteiger partial charge in [0.1, 0.15) is 0 Å². The fourth-order valence-electron chi connectivity index (χ4n) is 2.46. The van der Waals surface area contributed by atoms with Crippen LogP contribution in [0.2, 0.25) is 0 Å². The molecule has 1 atom stereocenters. The number of aliphatic hydroxyl groups is 1. The number of hydrogen-bond donors (Lipinski definition) is 2. The summed E-state index contributed by atoms with van der Waals surface area (Å²) in [6.07, 6.45) is -4.71. The summed E-state index contributed by atoms with van der Waals surface area (Å²) >= 11 is 2.03. The van der Waals surface area contributed by atoms with E-state index < -0.39 is 38.5 Å². The second-order valence-corrected chi connectivity index (χ2v) is 9.67. The van der Waals surface area contributed by atoms with E-state index in [4.69, 9.17) is 5.26 Å². The predicted molar refractivity (Wildman–Crippen MR) is 106 cm³/mol. The van der Waals surface area contributed by atoms with Gasteiger partial charge >= 0.3 is 6.18 Å². The average Bonchev–Trinajstić information content (AvgIpc) is 2.58. The smallest absolute Gasteiger partial charge is 0.387 e. The van der Waals surface area contributed by atoms with E-state index in [0.717, 1.165) is 15.7 Å². The topological polar surface area (TPSA) is 90.2 Å². The third-order valence-electron chi connectivity index (χ3n) is 3.79. The summed E-state index contributed by atoms with van der Waals surface area (Å²) in [7, 11) is -3.80. The SMILES string of the molecule is C[C@](O)(CNc1ccc(C#N)c(C(F)(F)F)c1)CS(=O)(=O)c1ccc(I)cc1. The van der Waals surface area contributed by atoms with Crippen molar-refractivity contribution in [2.45, 2.75) is 23.6 Å². The Balaban J connectivity index is 2.15. The molecule has 2 aromatic carbocycles. The van der Waals surface area contributed by atoms with Crippen molar-refractivity contribution in [3.8, 4) is 6.07 Å². The molecule has 0 aliphatic heterocycles. The van der Waals surface area contributed by atoms with Crippen molar-refractivity contribution in [2.24, 2.45) is 0 Å². The zero-order valence-corrected chi connectivity index (χ0v) is 17.6. The van der Waals surface area contributed by atoms with Crippen molar-refractivity contribution in [3.63, 3.8) is 0 Å². The molecule has 28 heavy (non-hydrogen) atoms. The third-order valence-corrected chi connectivity index (χ3v) is 6.50. The van der Waals surface area contributed by atoms with Crippen molar-refractivity contribution in [2.75, 3.05) is 17.6 Å². The number of sulfone groups is 1. The van der Waals surface area contributed by atoms with Crippen molar-refractivity contribution in [1.82, 2.24) is 0 Å². The zero-order chi connectivity index (χ0) is 21.2. The molecule has 10 heteroatoms. The van der Waals surface area contributed by atoms with E-state index in [0.29, 0.717) is 0 Å². The summed E-state index contributed by atoms with van der Waals surface area (Å²) in [4.78, 5) is 0.0471. The molecule has 2 aromatic rings. The van der Waals surface area contributed by atoms with Crippen LogP contribution >= 0.6 is 22.6 Å². The molecule has 0 spiro atoms. The molecule has 2 N–H and O–H groups in total. The Morgan fingerprint density at radius 2 is 1.79 bits per heavy atom. The van der Waals surface area contributed by atoms with Gasteiger partial charge in [0.2, 0.25) is 0 Å². The standard InChI is InChI=1S/C18H16F3IN2O3S/c1-17(25,11-28(26,27)15-6-3-13(22)4-7-15)10-24-14-5-2-12(9-23)16(8-14)18(19,20)21/h2-8,24-25H,10-11H2,1H3/t17-/m0/s1. The van der Waals surface area contributed by atoms with Crippen LogP contribution in [0.1, 0.15) is 18.1 Å². The van der Waals surface area contributed by atoms with Gasteiger partial charge in [0.25, 0.3) is 0 Å². The first-order chi connectivity index (χ1) is 12.8. The van der Waals surface area contributed by atoms with E-state index in [2.05, 4.69) is 5.32 Å². The molecule has 2 rings (SSSR count). The van der Waals surface area contributed by atoms with Gasteiger partial charge in [0.05, 0.1) is 33.4 Å². The molecule has 5 nitrogen and oxygen atoms in total. The second kappa shape index (κ2) is 8.26. The molecule has 150 valence electrons. The lowest BCUT2D eigenvalue weighted by Gasteiger charge is -2.24. The molecule has 0 saturated carbocycles. The first-order valence-electron chi connectivity index (χ1n) is 7.90. The Morgan fingerprint density at radius 1 is 1.18 bits per heavy atom. The van der Waals surface area contributed by atoms with E-state index in [1.807, 2.05) is 22.6 Å².